The molecule has 0 aliphatic heterocycles. The molecule has 1 aromatic carbocycles. The topological polar surface area (TPSA) is 107 Å². The van der Waals surface area contributed by atoms with Gasteiger partial charge < -0.3 is 10.0 Å². The molecule has 0 heterocycles. The molecule has 106 valence electrons. The molecule has 0 saturated heterocycles. The van der Waals surface area contributed by atoms with Crippen molar-refractivity contribution < 1.29 is 14.8 Å². The number of anilines is 1. The molecule has 1 rings (SSSR count). The Morgan fingerprint density at radius 1 is 1.60 bits per heavy atom. The monoisotopic (exact) mass is 277 g/mol. The maximum absolute atomic E-state index is 10.9. The molecule has 0 spiro atoms. The van der Waals surface area contributed by atoms with Crippen LogP contribution in [0.15, 0.2) is 18.2 Å². The summed E-state index contributed by atoms with van der Waals surface area (Å²) in [6.07, 6.45) is 0. The average Bonchev–Trinajstić information content (AvgIpc) is 2.38. The number of nitrogens with zero attached hydrogens (tertiary/aromatic N) is 3. The number of carbonyl (C=O) groups is 1. The van der Waals surface area contributed by atoms with Gasteiger partial charge in [0.25, 0.3) is 5.69 Å². The number of aliphatic carboxylic acids is 1. The predicted molar refractivity (Wildman–Crippen MR) is 72.5 cm³/mol. The van der Waals surface area contributed by atoms with Gasteiger partial charge in [-0.1, -0.05) is 13.0 Å². The summed E-state index contributed by atoms with van der Waals surface area (Å²) in [6, 6.07) is 6.28. The minimum atomic E-state index is -0.976. The van der Waals surface area contributed by atoms with Crippen LogP contribution in [0, 0.1) is 34.3 Å². The van der Waals surface area contributed by atoms with E-state index in [0.29, 0.717) is 5.69 Å². The van der Waals surface area contributed by atoms with Crippen LogP contribution < -0.4 is 4.90 Å². The first kappa shape index (κ1) is 15.4. The van der Waals surface area contributed by atoms with Gasteiger partial charge in [0.2, 0.25) is 0 Å². The Morgan fingerprint density at radius 3 is 2.75 bits per heavy atom. The SMILES string of the molecule is Cc1ccc([N+](=O)[O-])cc1N(CC#N)CC(C)C(=O)O. The molecule has 0 aromatic heterocycles. The summed E-state index contributed by atoms with van der Waals surface area (Å²) in [5.74, 6) is -1.65. The summed E-state index contributed by atoms with van der Waals surface area (Å²) in [7, 11) is 0. The summed E-state index contributed by atoms with van der Waals surface area (Å²) in [5, 5.41) is 28.6. The van der Waals surface area contributed by atoms with Crippen molar-refractivity contribution in [2.45, 2.75) is 13.8 Å². The van der Waals surface area contributed by atoms with Crippen LogP contribution in [-0.2, 0) is 4.79 Å². The van der Waals surface area contributed by atoms with E-state index in [2.05, 4.69) is 0 Å². The van der Waals surface area contributed by atoms with Gasteiger partial charge in [-0.2, -0.15) is 5.26 Å². The molecule has 0 amide bonds. The van der Waals surface area contributed by atoms with Crippen molar-refractivity contribution in [3.63, 3.8) is 0 Å². The zero-order chi connectivity index (χ0) is 15.3. The lowest BCUT2D eigenvalue weighted by atomic mass is 10.1. The Hall–Kier alpha value is -2.62. The lowest BCUT2D eigenvalue weighted by molar-refractivity contribution is -0.384. The number of carboxylic acid groups (broad SMARTS) is 1. The molecule has 0 aliphatic rings. The molecule has 1 unspecified atom stereocenters. The molecular formula is C13H15N3O4. The van der Waals surface area contributed by atoms with Gasteiger partial charge in [-0.05, 0) is 12.5 Å². The highest BCUT2D eigenvalue weighted by atomic mass is 16.6. The zero-order valence-corrected chi connectivity index (χ0v) is 11.2. The Morgan fingerprint density at radius 2 is 2.25 bits per heavy atom. The summed E-state index contributed by atoms with van der Waals surface area (Å²) in [5.41, 5.74) is 1.17. The number of aryl methyl sites for hydroxylation is 1. The van der Waals surface area contributed by atoms with Crippen LogP contribution >= 0.6 is 0 Å². The van der Waals surface area contributed by atoms with E-state index in [9.17, 15) is 14.9 Å². The molecule has 1 atom stereocenters. The molecule has 0 radical (unpaired) electrons. The lowest BCUT2D eigenvalue weighted by Gasteiger charge is -2.25. The lowest BCUT2D eigenvalue weighted by Crippen LogP contribution is -2.32. The first-order valence-electron chi connectivity index (χ1n) is 5.96. The average molecular weight is 277 g/mol. The van der Waals surface area contributed by atoms with Gasteiger partial charge in [-0.3, -0.25) is 14.9 Å². The molecule has 0 bridgehead atoms. The molecule has 7 nitrogen and oxygen atoms in total. The highest BCUT2D eigenvalue weighted by molar-refractivity contribution is 5.71. The first-order chi connectivity index (χ1) is 9.36. The Bertz CT molecular complexity index is 565. The third kappa shape index (κ3) is 3.68. The number of hydrogen-bond acceptors (Lipinski definition) is 5. The number of nitro groups is 1. The predicted octanol–water partition coefficient (Wildman–Crippen LogP) is 1.95. The standard InChI is InChI=1S/C13H15N3O4/c1-9-3-4-11(16(19)20)7-12(9)15(6-5-14)8-10(2)13(17)18/h3-4,7,10H,6,8H2,1-2H3,(H,17,18). The molecule has 20 heavy (non-hydrogen) atoms. The summed E-state index contributed by atoms with van der Waals surface area (Å²) in [4.78, 5) is 22.7. The van der Waals surface area contributed by atoms with Crippen molar-refractivity contribution in [1.29, 1.82) is 5.26 Å². The van der Waals surface area contributed by atoms with Crippen molar-refractivity contribution in [3.05, 3.63) is 33.9 Å². The van der Waals surface area contributed by atoms with Crippen LogP contribution in [0.3, 0.4) is 0 Å². The smallest absolute Gasteiger partial charge is 0.308 e. The van der Waals surface area contributed by atoms with E-state index < -0.39 is 16.8 Å². The normalized spacial score (nSPS) is 11.4. The van der Waals surface area contributed by atoms with Gasteiger partial charge in [0, 0.05) is 24.4 Å². The van der Waals surface area contributed by atoms with Crippen molar-refractivity contribution in [2.24, 2.45) is 5.92 Å². The molecule has 7 heteroatoms. The van der Waals surface area contributed by atoms with Gasteiger partial charge in [-0.15, -0.1) is 0 Å². The van der Waals surface area contributed by atoms with Crippen LogP contribution in [-0.4, -0.2) is 29.1 Å². The Kier molecular flexibility index (Phi) is 5.03. The highest BCUT2D eigenvalue weighted by Crippen LogP contribution is 2.26. The number of non-ortho nitro benzene ring substituents is 1. The fourth-order valence-electron chi connectivity index (χ4n) is 1.79. The van der Waals surface area contributed by atoms with Crippen LogP contribution in [0.2, 0.25) is 0 Å². The van der Waals surface area contributed by atoms with Gasteiger partial charge >= 0.3 is 5.97 Å². The summed E-state index contributed by atoms with van der Waals surface area (Å²) < 4.78 is 0. The van der Waals surface area contributed by atoms with Gasteiger partial charge in [-0.25, -0.2) is 0 Å². The van der Waals surface area contributed by atoms with Gasteiger partial charge in [0.05, 0.1) is 16.9 Å². The third-order valence-electron chi connectivity index (χ3n) is 2.92. The number of rotatable bonds is 6. The maximum atomic E-state index is 10.9. The second kappa shape index (κ2) is 6.52. The number of benzene rings is 1. The molecule has 1 N–H and O–H groups in total. The number of carboxylic acids is 1. The number of nitro benzene ring substituents is 1. The Balaban J connectivity index is 3.14. The van der Waals surface area contributed by atoms with E-state index in [0.717, 1.165) is 5.56 Å². The minimum Gasteiger partial charge on any atom is -0.481 e. The van der Waals surface area contributed by atoms with E-state index in [-0.39, 0.29) is 18.8 Å². The highest BCUT2D eigenvalue weighted by Gasteiger charge is 2.19. The minimum absolute atomic E-state index is 0.0281. The molecule has 0 saturated carbocycles. The summed E-state index contributed by atoms with van der Waals surface area (Å²) >= 11 is 0. The van der Waals surface area contributed by atoms with Crippen LogP contribution in [0.4, 0.5) is 11.4 Å². The molecule has 1 aromatic rings. The quantitative estimate of drug-likeness (QED) is 0.483. The van der Waals surface area contributed by atoms with E-state index >= 15 is 0 Å². The molecular weight excluding hydrogens is 262 g/mol. The van der Waals surface area contributed by atoms with Crippen molar-refractivity contribution in [1.82, 2.24) is 0 Å². The molecule has 0 fully saturated rings. The second-order valence-corrected chi connectivity index (χ2v) is 4.51. The van der Waals surface area contributed by atoms with Gasteiger partial charge in [0.15, 0.2) is 0 Å². The van der Waals surface area contributed by atoms with Crippen LogP contribution in [0.25, 0.3) is 0 Å². The van der Waals surface area contributed by atoms with Crippen LogP contribution in [0.5, 0.6) is 0 Å². The maximum Gasteiger partial charge on any atom is 0.308 e. The van der Waals surface area contributed by atoms with E-state index in [1.165, 1.54) is 19.1 Å². The van der Waals surface area contributed by atoms with E-state index in [1.807, 2.05) is 6.07 Å². The Labute approximate surface area is 116 Å². The summed E-state index contributed by atoms with van der Waals surface area (Å²) in [6.45, 7) is 3.37. The fraction of sp³-hybridized carbons (Fsp3) is 0.385. The second-order valence-electron chi connectivity index (χ2n) is 4.51. The fourth-order valence-corrected chi connectivity index (χ4v) is 1.79. The zero-order valence-electron chi connectivity index (χ0n) is 11.2. The van der Waals surface area contributed by atoms with E-state index in [1.54, 1.807) is 17.9 Å². The van der Waals surface area contributed by atoms with Crippen LogP contribution in [0.1, 0.15) is 12.5 Å². The number of nitriles is 1. The number of hydrogen-bond donors (Lipinski definition) is 1. The van der Waals surface area contributed by atoms with Crippen molar-refractivity contribution in [3.8, 4) is 6.07 Å². The van der Waals surface area contributed by atoms with Gasteiger partial charge in [0.1, 0.15) is 6.54 Å². The molecule has 0 aliphatic carbocycles. The van der Waals surface area contributed by atoms with E-state index in [4.69, 9.17) is 10.4 Å². The van der Waals surface area contributed by atoms with Crippen molar-refractivity contribution in [2.75, 3.05) is 18.0 Å². The first-order valence-corrected chi connectivity index (χ1v) is 5.96. The largest absolute Gasteiger partial charge is 0.481 e. The van der Waals surface area contributed by atoms with Crippen molar-refractivity contribution >= 4 is 17.3 Å². The third-order valence-corrected chi connectivity index (χ3v) is 2.92.